The van der Waals surface area contributed by atoms with Gasteiger partial charge < -0.3 is 40.3 Å². The number of amides is 1. The van der Waals surface area contributed by atoms with E-state index >= 15 is 0 Å². The summed E-state index contributed by atoms with van der Waals surface area (Å²) in [6, 6.07) is -0.757. The molecule has 1 saturated heterocycles. The molecule has 1 amide bonds. The Hall–Kier alpha value is -1.85. The molecule has 9 heteroatoms. The van der Waals surface area contributed by atoms with Crippen LogP contribution in [-0.4, -0.2) is 87.5 Å². The molecule has 0 saturated carbocycles. The number of allylic oxidation sites excluding steroid dienone is 8. The average Bonchev–Trinajstić information content (AvgIpc) is 3.18. The maximum absolute atomic E-state index is 12.9. The molecule has 1 rings (SSSR count). The molecule has 7 unspecified atom stereocenters. The van der Waals surface area contributed by atoms with Crippen molar-refractivity contribution >= 4 is 5.91 Å². The van der Waals surface area contributed by atoms with Gasteiger partial charge in [-0.15, -0.1) is 0 Å². The van der Waals surface area contributed by atoms with Crippen LogP contribution < -0.4 is 5.32 Å². The van der Waals surface area contributed by atoms with Gasteiger partial charge in [-0.3, -0.25) is 4.79 Å². The Balaban J connectivity index is 2.37. The Morgan fingerprint density at radius 1 is 0.636 bits per heavy atom. The summed E-state index contributed by atoms with van der Waals surface area (Å²) in [5.41, 5.74) is 0. The number of aliphatic hydroxyl groups is 5. The van der Waals surface area contributed by atoms with E-state index in [4.69, 9.17) is 9.47 Å². The molecule has 0 aromatic heterocycles. The van der Waals surface area contributed by atoms with Gasteiger partial charge in [0.05, 0.1) is 25.4 Å². The molecule has 7 atom stereocenters. The van der Waals surface area contributed by atoms with Gasteiger partial charge in [0.25, 0.3) is 0 Å². The number of hydrogen-bond acceptors (Lipinski definition) is 8. The molecule has 0 aromatic rings. The van der Waals surface area contributed by atoms with Crippen LogP contribution in [0.1, 0.15) is 181 Å². The van der Waals surface area contributed by atoms with Crippen molar-refractivity contribution in [2.75, 3.05) is 13.2 Å². The van der Waals surface area contributed by atoms with Gasteiger partial charge in [0.15, 0.2) is 6.29 Å². The Kier molecular flexibility index (Phi) is 33.9. The normalized spacial score (nSPS) is 21.8. The van der Waals surface area contributed by atoms with Crippen molar-refractivity contribution in [2.45, 2.75) is 224 Å². The summed E-state index contributed by atoms with van der Waals surface area (Å²) in [5, 5.41) is 54.2. The van der Waals surface area contributed by atoms with Gasteiger partial charge in [-0.25, -0.2) is 0 Å². The fourth-order valence-electron chi connectivity index (χ4n) is 6.88. The van der Waals surface area contributed by atoms with Crippen LogP contribution in [0.15, 0.2) is 48.6 Å². The lowest BCUT2D eigenvalue weighted by molar-refractivity contribution is -0.302. The van der Waals surface area contributed by atoms with Gasteiger partial charge >= 0.3 is 0 Å². The molecule has 0 bridgehead atoms. The molecule has 1 aliphatic rings. The second-order valence-corrected chi connectivity index (χ2v) is 15.5. The second kappa shape index (κ2) is 36.5. The minimum atomic E-state index is -1.57. The third-order valence-electron chi connectivity index (χ3n) is 10.5. The number of hydrogen-bond donors (Lipinski definition) is 6. The third-order valence-corrected chi connectivity index (χ3v) is 10.5. The van der Waals surface area contributed by atoms with Crippen molar-refractivity contribution in [3.8, 4) is 0 Å². The largest absolute Gasteiger partial charge is 0.394 e. The van der Waals surface area contributed by atoms with Crippen LogP contribution in [-0.2, 0) is 14.3 Å². The molecule has 0 aliphatic carbocycles. The molecule has 0 spiro atoms. The maximum Gasteiger partial charge on any atom is 0.220 e. The quantitative estimate of drug-likeness (QED) is 0.0273. The SMILES string of the molecule is CC/C=C\C/C=C\C/C=C\C/C=C\CCC(=O)NC(COC1OC(CO)C(O)C(O)C1O)C(O)CCCCCCCCCCCCCCCCCCCCC. The Labute approximate surface area is 335 Å². The first-order chi connectivity index (χ1) is 26.8. The number of ether oxygens (including phenoxy) is 2. The molecule has 9 nitrogen and oxygen atoms in total. The van der Waals surface area contributed by atoms with Gasteiger partial charge in [0.1, 0.15) is 24.4 Å². The molecule has 6 N–H and O–H groups in total. The first-order valence-electron chi connectivity index (χ1n) is 22.3. The summed E-state index contributed by atoms with van der Waals surface area (Å²) in [6.45, 7) is 3.66. The van der Waals surface area contributed by atoms with Crippen molar-refractivity contribution in [2.24, 2.45) is 0 Å². The van der Waals surface area contributed by atoms with Crippen LogP contribution in [0.4, 0.5) is 0 Å². The number of nitrogens with one attached hydrogen (secondary N) is 1. The van der Waals surface area contributed by atoms with E-state index in [-0.39, 0.29) is 18.9 Å². The topological polar surface area (TPSA) is 149 Å². The molecular weight excluding hydrogens is 695 g/mol. The molecule has 1 heterocycles. The summed E-state index contributed by atoms with van der Waals surface area (Å²) < 4.78 is 11.2. The standard InChI is InChI=1S/C46H83NO8/c1-3-5-7-9-11-13-15-17-18-19-20-21-22-24-25-27-29-31-33-35-40(49)39(38-54-46-45(53)44(52)43(51)41(37-48)55-46)47-42(50)36-34-32-30-28-26-23-16-14-12-10-8-6-4-2/h6,8,12,14,23,26,30,32,39-41,43-46,48-49,51-53H,3-5,7,9-11,13,15-22,24-25,27-29,31,33-38H2,1-2H3,(H,47,50)/b8-6-,14-12-,26-23-,32-30-. The molecule has 0 radical (unpaired) electrons. The van der Waals surface area contributed by atoms with E-state index in [1.165, 1.54) is 103 Å². The molecule has 1 aliphatic heterocycles. The zero-order valence-electron chi connectivity index (χ0n) is 34.9. The molecular formula is C46H83NO8. The molecule has 1 fully saturated rings. The van der Waals surface area contributed by atoms with E-state index in [9.17, 15) is 30.3 Å². The van der Waals surface area contributed by atoms with E-state index in [0.29, 0.717) is 12.8 Å². The highest BCUT2D eigenvalue weighted by molar-refractivity contribution is 5.76. The van der Waals surface area contributed by atoms with E-state index in [1.807, 2.05) is 12.2 Å². The zero-order valence-corrected chi connectivity index (χ0v) is 34.9. The Morgan fingerprint density at radius 2 is 1.09 bits per heavy atom. The number of carbonyl (C=O) groups is 1. The zero-order chi connectivity index (χ0) is 40.2. The minimum Gasteiger partial charge on any atom is -0.394 e. The number of unbranched alkanes of at least 4 members (excludes halogenated alkanes) is 18. The molecule has 55 heavy (non-hydrogen) atoms. The van der Waals surface area contributed by atoms with Crippen molar-refractivity contribution < 1.29 is 39.8 Å². The summed E-state index contributed by atoms with van der Waals surface area (Å²) in [4.78, 5) is 12.9. The van der Waals surface area contributed by atoms with Crippen LogP contribution in [0.25, 0.3) is 0 Å². The number of carbonyl (C=O) groups excluding carboxylic acids is 1. The summed E-state index contributed by atoms with van der Waals surface area (Å²) in [5.74, 6) is -0.225. The number of rotatable bonds is 36. The minimum absolute atomic E-state index is 0.168. The maximum atomic E-state index is 12.9. The van der Waals surface area contributed by atoms with Crippen molar-refractivity contribution in [1.82, 2.24) is 5.32 Å². The summed E-state index contributed by atoms with van der Waals surface area (Å²) in [6.07, 6.45) is 38.5. The lowest BCUT2D eigenvalue weighted by Crippen LogP contribution is -2.60. The third kappa shape index (κ3) is 27.4. The smallest absolute Gasteiger partial charge is 0.220 e. The van der Waals surface area contributed by atoms with Crippen LogP contribution in [0.5, 0.6) is 0 Å². The van der Waals surface area contributed by atoms with Gasteiger partial charge in [-0.2, -0.15) is 0 Å². The summed E-state index contributed by atoms with van der Waals surface area (Å²) in [7, 11) is 0. The van der Waals surface area contributed by atoms with Gasteiger partial charge in [-0.1, -0.05) is 184 Å². The van der Waals surface area contributed by atoms with Crippen molar-refractivity contribution in [3.05, 3.63) is 48.6 Å². The van der Waals surface area contributed by atoms with Gasteiger partial charge in [-0.05, 0) is 38.5 Å². The van der Waals surface area contributed by atoms with Crippen LogP contribution in [0, 0.1) is 0 Å². The van der Waals surface area contributed by atoms with E-state index in [1.54, 1.807) is 0 Å². The van der Waals surface area contributed by atoms with Crippen molar-refractivity contribution in [3.63, 3.8) is 0 Å². The van der Waals surface area contributed by atoms with E-state index in [0.717, 1.165) is 44.9 Å². The first-order valence-corrected chi connectivity index (χ1v) is 22.3. The fraction of sp³-hybridized carbons (Fsp3) is 0.804. The lowest BCUT2D eigenvalue weighted by atomic mass is 9.99. The lowest BCUT2D eigenvalue weighted by Gasteiger charge is -2.40. The molecule has 0 aromatic carbocycles. The molecule has 320 valence electrons. The van der Waals surface area contributed by atoms with E-state index in [2.05, 4.69) is 55.6 Å². The summed E-state index contributed by atoms with van der Waals surface area (Å²) >= 11 is 0. The highest BCUT2D eigenvalue weighted by atomic mass is 16.7. The highest BCUT2D eigenvalue weighted by Gasteiger charge is 2.44. The van der Waals surface area contributed by atoms with E-state index < -0.39 is 49.5 Å². The van der Waals surface area contributed by atoms with Gasteiger partial charge in [0, 0.05) is 6.42 Å². The highest BCUT2D eigenvalue weighted by Crippen LogP contribution is 2.23. The van der Waals surface area contributed by atoms with Crippen LogP contribution in [0.3, 0.4) is 0 Å². The van der Waals surface area contributed by atoms with Gasteiger partial charge in [0.2, 0.25) is 5.91 Å². The predicted octanol–water partition coefficient (Wildman–Crippen LogP) is 9.06. The predicted molar refractivity (Wildman–Crippen MR) is 226 cm³/mol. The monoisotopic (exact) mass is 778 g/mol. The first kappa shape index (κ1) is 51.2. The van der Waals surface area contributed by atoms with Crippen molar-refractivity contribution in [1.29, 1.82) is 0 Å². The fourth-order valence-corrected chi connectivity index (χ4v) is 6.88. The Morgan fingerprint density at radius 3 is 1.56 bits per heavy atom. The van der Waals surface area contributed by atoms with Crippen LogP contribution in [0.2, 0.25) is 0 Å². The Bertz CT molecular complexity index is 998. The average molecular weight is 778 g/mol. The second-order valence-electron chi connectivity index (χ2n) is 15.5. The number of aliphatic hydroxyl groups excluding tert-OH is 5. The van der Waals surface area contributed by atoms with Crippen LogP contribution >= 0.6 is 0 Å².